The van der Waals surface area contributed by atoms with Gasteiger partial charge in [-0.3, -0.25) is 0 Å². The lowest BCUT2D eigenvalue weighted by Gasteiger charge is -2.48. The average molecular weight is 595 g/mol. The maximum Gasteiger partial charge on any atom is 0.224 e. The fourth-order valence-electron chi connectivity index (χ4n) is 5.06. The summed E-state index contributed by atoms with van der Waals surface area (Å²) in [6.07, 6.45) is -20.9. The maximum atomic E-state index is 11.3. The van der Waals surface area contributed by atoms with Crippen LogP contribution in [0.4, 0.5) is 0 Å². The van der Waals surface area contributed by atoms with Crippen LogP contribution in [0.1, 0.15) is 5.56 Å². The van der Waals surface area contributed by atoms with Crippen LogP contribution in [0.3, 0.4) is 0 Å². The zero-order valence-electron chi connectivity index (χ0n) is 21.8. The quantitative estimate of drug-likeness (QED) is 0.115. The lowest BCUT2D eigenvalue weighted by atomic mass is 9.96. The number of aliphatic hydroxyl groups excluding tert-OH is 10. The molecule has 0 amide bonds. The second-order valence-corrected chi connectivity index (χ2v) is 10.1. The Morgan fingerprint density at radius 1 is 0.659 bits per heavy atom. The minimum absolute atomic E-state index is 0.0997. The molecule has 0 spiro atoms. The Balaban J connectivity index is 1.60. The number of rotatable bonds is 11. The molecule has 3 saturated heterocycles. The molecule has 41 heavy (non-hydrogen) atoms. The molecule has 234 valence electrons. The molecule has 0 aliphatic carbocycles. The molecule has 0 radical (unpaired) electrons. The van der Waals surface area contributed by atoms with E-state index >= 15 is 0 Å². The molecule has 3 aliphatic heterocycles. The van der Waals surface area contributed by atoms with Gasteiger partial charge in [0, 0.05) is 0 Å². The zero-order valence-corrected chi connectivity index (χ0v) is 21.8. The van der Waals surface area contributed by atoms with Crippen molar-refractivity contribution in [2.75, 3.05) is 26.4 Å². The predicted molar refractivity (Wildman–Crippen MR) is 130 cm³/mol. The lowest BCUT2D eigenvalue weighted by molar-refractivity contribution is -0.401. The van der Waals surface area contributed by atoms with Gasteiger partial charge >= 0.3 is 0 Å². The van der Waals surface area contributed by atoms with Crippen LogP contribution in [0.15, 0.2) is 30.3 Å². The lowest BCUT2D eigenvalue weighted by Crippen LogP contribution is -2.66. The van der Waals surface area contributed by atoms with Crippen LogP contribution in [0.5, 0.6) is 0 Å². The number of hydrogen-bond acceptors (Lipinski definition) is 16. The van der Waals surface area contributed by atoms with Crippen molar-refractivity contribution in [3.8, 4) is 0 Å². The van der Waals surface area contributed by atoms with Crippen molar-refractivity contribution < 1.29 is 79.5 Å². The van der Waals surface area contributed by atoms with Gasteiger partial charge in [0.2, 0.25) is 5.79 Å². The molecule has 1 aromatic carbocycles. The summed E-state index contributed by atoms with van der Waals surface area (Å²) in [5.74, 6) is -2.34. The van der Waals surface area contributed by atoms with Crippen LogP contribution >= 0.6 is 0 Å². The predicted octanol–water partition coefficient (Wildman–Crippen LogP) is -5.35. The molecular weight excluding hydrogens is 556 g/mol. The highest BCUT2D eigenvalue weighted by molar-refractivity contribution is 5.13. The first kappa shape index (κ1) is 32.5. The van der Waals surface area contributed by atoms with Crippen molar-refractivity contribution in [1.82, 2.24) is 0 Å². The second-order valence-electron chi connectivity index (χ2n) is 10.1. The molecule has 14 atom stereocenters. The minimum atomic E-state index is -2.34. The third-order valence-corrected chi connectivity index (χ3v) is 7.44. The third-order valence-electron chi connectivity index (χ3n) is 7.44. The highest BCUT2D eigenvalue weighted by atomic mass is 16.8. The smallest absolute Gasteiger partial charge is 0.224 e. The Kier molecular flexibility index (Phi) is 11.0. The molecule has 1 aromatic rings. The van der Waals surface area contributed by atoms with Gasteiger partial charge < -0.3 is 79.5 Å². The van der Waals surface area contributed by atoms with Crippen molar-refractivity contribution in [1.29, 1.82) is 0 Å². The van der Waals surface area contributed by atoms with Gasteiger partial charge in [-0.05, 0) is 5.56 Å². The summed E-state index contributed by atoms with van der Waals surface area (Å²) in [6.45, 7) is -3.37. The van der Waals surface area contributed by atoms with Crippen molar-refractivity contribution >= 4 is 0 Å². The third kappa shape index (κ3) is 6.58. The number of hydrogen-bond donors (Lipinski definition) is 10. The average Bonchev–Trinajstić information content (AvgIpc) is 3.23. The van der Waals surface area contributed by atoms with E-state index in [0.717, 1.165) is 0 Å². The van der Waals surface area contributed by atoms with Gasteiger partial charge in [-0.15, -0.1) is 0 Å². The van der Waals surface area contributed by atoms with Gasteiger partial charge in [-0.25, -0.2) is 0 Å². The van der Waals surface area contributed by atoms with Crippen LogP contribution in [0, 0.1) is 0 Å². The van der Waals surface area contributed by atoms with Crippen molar-refractivity contribution in [2.45, 2.75) is 92.1 Å². The summed E-state index contributed by atoms with van der Waals surface area (Å²) in [7, 11) is 0. The van der Waals surface area contributed by atoms with Crippen molar-refractivity contribution in [3.05, 3.63) is 35.9 Å². The van der Waals surface area contributed by atoms with E-state index < -0.39 is 112 Å². The van der Waals surface area contributed by atoms with Crippen LogP contribution in [-0.2, 0) is 35.0 Å². The van der Waals surface area contributed by atoms with Gasteiger partial charge in [-0.1, -0.05) is 30.3 Å². The van der Waals surface area contributed by atoms with E-state index in [4.69, 9.17) is 28.4 Å². The Labute approximate surface area is 234 Å². The standard InChI is InChI=1S/C25H38O16/c26-6-12-15(30)17(32)18(33)23(37-12)39-20-14(8-28)38-24(19(34)21(20)36-9-11-4-2-1-3-5-11)41-25(10-29)22(35)16(31)13(7-27)40-25/h1-5,12-24,26-35H,6-10H2/t12-,13-,14-,15+,16-,17+,18-,19-,20-,21-,22+,23+,24-,25+/m1/s1. The summed E-state index contributed by atoms with van der Waals surface area (Å²) < 4.78 is 33.9. The molecule has 3 heterocycles. The Morgan fingerprint density at radius 3 is 1.88 bits per heavy atom. The van der Waals surface area contributed by atoms with E-state index in [1.165, 1.54) is 0 Å². The largest absolute Gasteiger partial charge is 0.394 e. The van der Waals surface area contributed by atoms with E-state index in [1.54, 1.807) is 30.3 Å². The maximum absolute atomic E-state index is 11.3. The fourth-order valence-corrected chi connectivity index (χ4v) is 5.06. The topological polar surface area (TPSA) is 258 Å². The molecule has 4 rings (SSSR count). The van der Waals surface area contributed by atoms with Gasteiger partial charge in [0.15, 0.2) is 12.6 Å². The summed E-state index contributed by atoms with van der Waals surface area (Å²) in [5.41, 5.74) is 0.672. The van der Waals surface area contributed by atoms with Crippen LogP contribution in [0.25, 0.3) is 0 Å². The van der Waals surface area contributed by atoms with E-state index in [1.807, 2.05) is 0 Å². The van der Waals surface area contributed by atoms with Crippen molar-refractivity contribution in [2.24, 2.45) is 0 Å². The Morgan fingerprint density at radius 2 is 1.29 bits per heavy atom. The first-order valence-electron chi connectivity index (χ1n) is 13.1. The van der Waals surface area contributed by atoms with Gasteiger partial charge in [0.1, 0.15) is 73.8 Å². The normalized spacial score (nSPS) is 45.2. The van der Waals surface area contributed by atoms with Crippen LogP contribution < -0.4 is 0 Å². The number of aliphatic hydroxyl groups is 10. The second kappa shape index (κ2) is 13.9. The highest BCUT2D eigenvalue weighted by Crippen LogP contribution is 2.38. The SMILES string of the molecule is OC[C@H]1O[C@@H](O[C@H]2[C@H](OCc3ccccc3)[C@@H](O)[C@@H](O[C@]3(CO)O[C@H](CO)[C@@H](O)[C@@H]3O)O[C@@H]2CO)[C@H](O)[C@@H](O)[C@H]1O. The van der Waals surface area contributed by atoms with Crippen molar-refractivity contribution in [3.63, 3.8) is 0 Å². The van der Waals surface area contributed by atoms with Gasteiger partial charge in [0.05, 0.1) is 26.4 Å². The van der Waals surface area contributed by atoms with E-state index in [9.17, 15) is 51.1 Å². The van der Waals surface area contributed by atoms with Gasteiger partial charge in [0.25, 0.3) is 0 Å². The molecular formula is C25H38O16. The summed E-state index contributed by atoms with van der Waals surface area (Å²) in [5, 5.41) is 102. The van der Waals surface area contributed by atoms with Crippen LogP contribution in [0.2, 0.25) is 0 Å². The Hall–Kier alpha value is -1.42. The molecule has 0 aromatic heterocycles. The minimum Gasteiger partial charge on any atom is -0.394 e. The first-order valence-corrected chi connectivity index (χ1v) is 13.1. The van der Waals surface area contributed by atoms with E-state index in [2.05, 4.69) is 0 Å². The van der Waals surface area contributed by atoms with Crippen LogP contribution in [-0.4, -0.2) is 163 Å². The number of ether oxygens (including phenoxy) is 6. The summed E-state index contributed by atoms with van der Waals surface area (Å²) in [6, 6.07) is 8.73. The highest BCUT2D eigenvalue weighted by Gasteiger charge is 2.59. The number of benzene rings is 1. The molecule has 3 aliphatic rings. The van der Waals surface area contributed by atoms with E-state index in [-0.39, 0.29) is 6.61 Å². The molecule has 0 unspecified atom stereocenters. The zero-order chi connectivity index (χ0) is 29.9. The molecule has 16 nitrogen and oxygen atoms in total. The van der Waals surface area contributed by atoms with E-state index in [0.29, 0.717) is 5.56 Å². The fraction of sp³-hybridized carbons (Fsp3) is 0.760. The molecule has 0 saturated carbocycles. The molecule has 3 fully saturated rings. The molecule has 16 heteroatoms. The van der Waals surface area contributed by atoms with Gasteiger partial charge in [-0.2, -0.15) is 0 Å². The molecule has 0 bridgehead atoms. The summed E-state index contributed by atoms with van der Waals surface area (Å²) >= 11 is 0. The monoisotopic (exact) mass is 594 g/mol. The first-order chi connectivity index (χ1) is 19.6. The summed E-state index contributed by atoms with van der Waals surface area (Å²) in [4.78, 5) is 0. The Bertz CT molecular complexity index is 939. The molecule has 10 N–H and O–H groups in total.